The van der Waals surface area contributed by atoms with Gasteiger partial charge in [0, 0.05) is 41.3 Å². The Kier molecular flexibility index (Phi) is 7.16. The zero-order chi connectivity index (χ0) is 24.9. The van der Waals surface area contributed by atoms with Crippen molar-refractivity contribution in [1.29, 1.82) is 0 Å². The summed E-state index contributed by atoms with van der Waals surface area (Å²) in [6.07, 6.45) is 0.143. The maximum absolute atomic E-state index is 13.0. The Hall–Kier alpha value is -3.88. The van der Waals surface area contributed by atoms with Crippen molar-refractivity contribution in [3.63, 3.8) is 0 Å². The average molecular weight is 488 g/mol. The Balaban J connectivity index is 1.25. The molecule has 2 N–H and O–H groups in total. The molecule has 8 nitrogen and oxygen atoms in total. The van der Waals surface area contributed by atoms with Gasteiger partial charge in [0.15, 0.2) is 0 Å². The van der Waals surface area contributed by atoms with Gasteiger partial charge in [-0.3, -0.25) is 9.59 Å². The Morgan fingerprint density at radius 2 is 1.67 bits per heavy atom. The number of epoxide rings is 1. The van der Waals surface area contributed by atoms with E-state index in [1.54, 1.807) is 30.3 Å². The Labute approximate surface area is 210 Å². The van der Waals surface area contributed by atoms with Crippen molar-refractivity contribution in [2.45, 2.75) is 13.0 Å². The molecule has 2 fully saturated rings. The second kappa shape index (κ2) is 10.8. The minimum Gasteiger partial charge on any atom is -0.491 e. The predicted molar refractivity (Wildman–Crippen MR) is 138 cm³/mol. The van der Waals surface area contributed by atoms with E-state index in [-0.39, 0.29) is 17.9 Å². The van der Waals surface area contributed by atoms with Gasteiger partial charge in [-0.15, -0.1) is 0 Å². The summed E-state index contributed by atoms with van der Waals surface area (Å²) in [4.78, 5) is 28.1. The minimum atomic E-state index is -0.257. The monoisotopic (exact) mass is 487 g/mol. The number of aryl methyl sites for hydroxylation is 1. The number of morpholine rings is 1. The highest BCUT2D eigenvalue weighted by Crippen LogP contribution is 2.24. The van der Waals surface area contributed by atoms with E-state index < -0.39 is 0 Å². The van der Waals surface area contributed by atoms with Crippen molar-refractivity contribution < 1.29 is 23.8 Å². The highest BCUT2D eigenvalue weighted by atomic mass is 16.6. The third-order valence-electron chi connectivity index (χ3n) is 6.16. The molecule has 3 aromatic carbocycles. The Morgan fingerprint density at radius 1 is 0.944 bits per heavy atom. The molecule has 0 spiro atoms. The summed E-state index contributed by atoms with van der Waals surface area (Å²) in [6.45, 7) is 6.06. The standard InChI is InChI=1S/C28H29N3O5/c1-19-8-9-22(29-27(32)20-4-2-6-23(14-20)31-10-12-34-13-11-31)16-26(19)30-28(33)21-5-3-7-24(15-21)35-17-25-18-36-25/h2-9,14-16,25H,10-13,17-18H2,1H3,(H,29,32)(H,30,33). The lowest BCUT2D eigenvalue weighted by Crippen LogP contribution is -2.36. The molecule has 5 rings (SSSR count). The topological polar surface area (TPSA) is 92.4 Å². The summed E-state index contributed by atoms with van der Waals surface area (Å²) in [5.41, 5.74) is 4.15. The normalized spacial score (nSPS) is 16.8. The van der Waals surface area contributed by atoms with Gasteiger partial charge >= 0.3 is 0 Å². The van der Waals surface area contributed by atoms with E-state index in [2.05, 4.69) is 15.5 Å². The second-order valence-corrected chi connectivity index (χ2v) is 8.88. The zero-order valence-electron chi connectivity index (χ0n) is 20.2. The lowest BCUT2D eigenvalue weighted by Gasteiger charge is -2.29. The highest BCUT2D eigenvalue weighted by molar-refractivity contribution is 6.07. The number of amides is 2. The molecule has 3 aromatic rings. The minimum absolute atomic E-state index is 0.143. The molecule has 2 heterocycles. The van der Waals surface area contributed by atoms with Gasteiger partial charge < -0.3 is 29.7 Å². The van der Waals surface area contributed by atoms with E-state index in [0.29, 0.717) is 54.7 Å². The number of ether oxygens (including phenoxy) is 3. The molecular formula is C28H29N3O5. The number of benzene rings is 3. The molecule has 2 aliphatic rings. The number of carbonyl (C=O) groups is 2. The molecule has 2 saturated heterocycles. The fraction of sp³-hybridized carbons (Fsp3) is 0.286. The van der Waals surface area contributed by atoms with Crippen molar-refractivity contribution in [1.82, 2.24) is 0 Å². The van der Waals surface area contributed by atoms with E-state index >= 15 is 0 Å². The Morgan fingerprint density at radius 3 is 2.44 bits per heavy atom. The van der Waals surface area contributed by atoms with Gasteiger partial charge in [0.1, 0.15) is 18.5 Å². The first-order valence-electron chi connectivity index (χ1n) is 12.1. The van der Waals surface area contributed by atoms with Crippen LogP contribution in [0.2, 0.25) is 0 Å². The van der Waals surface area contributed by atoms with Crippen LogP contribution in [0.25, 0.3) is 0 Å². The maximum atomic E-state index is 13.0. The number of hydrogen-bond acceptors (Lipinski definition) is 6. The number of rotatable bonds is 8. The fourth-order valence-corrected chi connectivity index (χ4v) is 3.98. The highest BCUT2D eigenvalue weighted by Gasteiger charge is 2.23. The van der Waals surface area contributed by atoms with E-state index in [4.69, 9.17) is 14.2 Å². The molecule has 0 aliphatic carbocycles. The maximum Gasteiger partial charge on any atom is 0.255 e. The molecule has 0 radical (unpaired) electrons. The molecule has 0 aromatic heterocycles. The van der Waals surface area contributed by atoms with Crippen LogP contribution in [-0.2, 0) is 9.47 Å². The number of hydrogen-bond donors (Lipinski definition) is 2. The zero-order valence-corrected chi connectivity index (χ0v) is 20.2. The van der Waals surface area contributed by atoms with Gasteiger partial charge in [0.05, 0.1) is 19.8 Å². The molecule has 1 atom stereocenters. The fourth-order valence-electron chi connectivity index (χ4n) is 3.98. The summed E-state index contributed by atoms with van der Waals surface area (Å²) in [5, 5.41) is 5.89. The van der Waals surface area contributed by atoms with Crippen LogP contribution in [-0.4, -0.2) is 57.4 Å². The molecular weight excluding hydrogens is 458 g/mol. The largest absolute Gasteiger partial charge is 0.491 e. The third-order valence-corrected chi connectivity index (χ3v) is 6.16. The van der Waals surface area contributed by atoms with Gasteiger partial charge in [0.25, 0.3) is 11.8 Å². The van der Waals surface area contributed by atoms with Crippen LogP contribution in [0.5, 0.6) is 5.75 Å². The lowest BCUT2D eigenvalue weighted by molar-refractivity contribution is 0.101. The molecule has 0 saturated carbocycles. The van der Waals surface area contributed by atoms with Gasteiger partial charge in [-0.1, -0.05) is 18.2 Å². The van der Waals surface area contributed by atoms with Crippen LogP contribution in [0, 0.1) is 6.92 Å². The van der Waals surface area contributed by atoms with Crippen LogP contribution in [0.15, 0.2) is 66.7 Å². The number of nitrogens with one attached hydrogen (secondary N) is 2. The summed E-state index contributed by atoms with van der Waals surface area (Å²) in [6, 6.07) is 20.1. The molecule has 36 heavy (non-hydrogen) atoms. The molecule has 186 valence electrons. The van der Waals surface area contributed by atoms with Crippen LogP contribution >= 0.6 is 0 Å². The summed E-state index contributed by atoms with van der Waals surface area (Å²) < 4.78 is 16.3. The number of carbonyl (C=O) groups excluding carboxylic acids is 2. The number of nitrogens with zero attached hydrogens (tertiary/aromatic N) is 1. The summed E-state index contributed by atoms with van der Waals surface area (Å²) >= 11 is 0. The van der Waals surface area contributed by atoms with Gasteiger partial charge in [0.2, 0.25) is 0 Å². The first-order valence-corrected chi connectivity index (χ1v) is 12.1. The molecule has 1 unspecified atom stereocenters. The number of anilines is 3. The van der Waals surface area contributed by atoms with Crippen molar-refractivity contribution in [2.75, 3.05) is 55.1 Å². The van der Waals surface area contributed by atoms with Crippen LogP contribution in [0.3, 0.4) is 0 Å². The van der Waals surface area contributed by atoms with Crippen LogP contribution < -0.4 is 20.3 Å². The van der Waals surface area contributed by atoms with Crippen LogP contribution in [0.4, 0.5) is 17.1 Å². The van der Waals surface area contributed by atoms with Gasteiger partial charge in [-0.05, 0) is 61.0 Å². The van der Waals surface area contributed by atoms with Crippen molar-refractivity contribution >= 4 is 28.9 Å². The predicted octanol–water partition coefficient (Wildman–Crippen LogP) is 4.11. The summed E-state index contributed by atoms with van der Waals surface area (Å²) in [7, 11) is 0. The van der Waals surface area contributed by atoms with E-state index in [1.165, 1.54) is 0 Å². The van der Waals surface area contributed by atoms with Gasteiger partial charge in [-0.25, -0.2) is 0 Å². The molecule has 2 amide bonds. The van der Waals surface area contributed by atoms with Crippen molar-refractivity contribution in [2.24, 2.45) is 0 Å². The smallest absolute Gasteiger partial charge is 0.255 e. The lowest BCUT2D eigenvalue weighted by atomic mass is 10.1. The molecule has 2 aliphatic heterocycles. The average Bonchev–Trinajstić information content (AvgIpc) is 3.75. The first-order chi connectivity index (χ1) is 17.5. The van der Waals surface area contributed by atoms with Gasteiger partial charge in [-0.2, -0.15) is 0 Å². The Bertz CT molecular complexity index is 1250. The van der Waals surface area contributed by atoms with Crippen LogP contribution in [0.1, 0.15) is 26.3 Å². The summed E-state index contributed by atoms with van der Waals surface area (Å²) in [5.74, 6) is 0.152. The van der Waals surface area contributed by atoms with Crippen molar-refractivity contribution in [3.8, 4) is 5.75 Å². The SMILES string of the molecule is Cc1ccc(NC(=O)c2cccc(N3CCOCC3)c2)cc1NC(=O)c1cccc(OCC2CO2)c1. The quantitative estimate of drug-likeness (QED) is 0.465. The first kappa shape index (κ1) is 23.8. The molecule has 8 heteroatoms. The van der Waals surface area contributed by atoms with E-state index in [0.717, 1.165) is 24.3 Å². The molecule has 0 bridgehead atoms. The van der Waals surface area contributed by atoms with E-state index in [9.17, 15) is 9.59 Å². The van der Waals surface area contributed by atoms with Crippen molar-refractivity contribution in [3.05, 3.63) is 83.4 Å². The second-order valence-electron chi connectivity index (χ2n) is 8.88. The third kappa shape index (κ3) is 6.02. The van der Waals surface area contributed by atoms with E-state index in [1.807, 2.05) is 43.3 Å².